The zero-order valence-corrected chi connectivity index (χ0v) is 9.26. The third-order valence-corrected chi connectivity index (χ3v) is 2.81. The van der Waals surface area contributed by atoms with Crippen LogP contribution in [0.2, 0.25) is 0 Å². The third kappa shape index (κ3) is 2.81. The minimum atomic E-state index is -1.40. The molecule has 0 aliphatic carbocycles. The van der Waals surface area contributed by atoms with E-state index in [1.807, 2.05) is 30.3 Å². The first kappa shape index (κ1) is 12.7. The molecule has 0 fully saturated rings. The summed E-state index contributed by atoms with van der Waals surface area (Å²) in [6, 6.07) is 7.98. The van der Waals surface area contributed by atoms with Crippen LogP contribution in [-0.4, -0.2) is 27.8 Å². The topological polar surface area (TPSA) is 83.5 Å². The lowest BCUT2D eigenvalue weighted by Gasteiger charge is -2.30. The van der Waals surface area contributed by atoms with Gasteiger partial charge in [0.05, 0.1) is 5.60 Å². The largest absolute Gasteiger partial charge is 0.480 e. The van der Waals surface area contributed by atoms with Gasteiger partial charge in [-0.3, -0.25) is 4.79 Å². The lowest BCUT2D eigenvalue weighted by Crippen LogP contribution is -2.53. The van der Waals surface area contributed by atoms with Crippen LogP contribution in [-0.2, 0) is 11.2 Å². The highest BCUT2D eigenvalue weighted by atomic mass is 16.4. The van der Waals surface area contributed by atoms with Gasteiger partial charge in [0, 0.05) is 6.42 Å². The van der Waals surface area contributed by atoms with Crippen molar-refractivity contribution in [3.05, 3.63) is 35.9 Å². The molecular weight excluding hydrogens is 206 g/mol. The monoisotopic (exact) mass is 223 g/mol. The average molecular weight is 223 g/mol. The number of hydrogen-bond donors (Lipinski definition) is 3. The van der Waals surface area contributed by atoms with Crippen LogP contribution in [0.15, 0.2) is 30.3 Å². The van der Waals surface area contributed by atoms with Crippen LogP contribution in [0.25, 0.3) is 0 Å². The maximum absolute atomic E-state index is 10.8. The lowest BCUT2D eigenvalue weighted by molar-refractivity contribution is -0.145. The molecule has 1 aromatic rings. The zero-order chi connectivity index (χ0) is 12.2. The summed E-state index contributed by atoms with van der Waals surface area (Å²) in [6.07, 6.45) is 0.549. The van der Waals surface area contributed by atoms with Crippen molar-refractivity contribution in [2.75, 3.05) is 0 Å². The van der Waals surface area contributed by atoms with Crippen LogP contribution in [0.1, 0.15) is 18.9 Å². The Labute approximate surface area is 94.7 Å². The van der Waals surface area contributed by atoms with Crippen LogP contribution in [0.3, 0.4) is 0 Å². The van der Waals surface area contributed by atoms with Gasteiger partial charge in [-0.1, -0.05) is 37.3 Å². The van der Waals surface area contributed by atoms with Gasteiger partial charge in [-0.25, -0.2) is 0 Å². The number of benzene rings is 1. The number of carboxylic acids is 1. The maximum atomic E-state index is 10.8. The van der Waals surface area contributed by atoms with E-state index in [9.17, 15) is 9.90 Å². The molecule has 4 N–H and O–H groups in total. The fourth-order valence-corrected chi connectivity index (χ4v) is 1.63. The van der Waals surface area contributed by atoms with E-state index in [1.165, 1.54) is 0 Å². The highest BCUT2D eigenvalue weighted by Gasteiger charge is 2.37. The Hall–Kier alpha value is -1.39. The number of carbonyl (C=O) groups is 1. The molecule has 0 spiro atoms. The quantitative estimate of drug-likeness (QED) is 0.689. The molecule has 0 aliphatic rings. The molecule has 0 unspecified atom stereocenters. The minimum Gasteiger partial charge on any atom is -0.480 e. The van der Waals surface area contributed by atoms with Gasteiger partial charge in [-0.05, 0) is 12.0 Å². The Kier molecular flexibility index (Phi) is 4.04. The maximum Gasteiger partial charge on any atom is 0.323 e. The number of carboxylic acid groups (broad SMARTS) is 1. The Morgan fingerprint density at radius 2 is 2.00 bits per heavy atom. The summed E-state index contributed by atoms with van der Waals surface area (Å²) in [7, 11) is 0. The van der Waals surface area contributed by atoms with E-state index in [2.05, 4.69) is 0 Å². The van der Waals surface area contributed by atoms with Gasteiger partial charge in [0.15, 0.2) is 0 Å². The molecule has 4 nitrogen and oxygen atoms in total. The second kappa shape index (κ2) is 5.09. The number of aliphatic hydroxyl groups is 1. The standard InChI is InChI=1S/C12H17NO3/c1-2-12(16,10(13)11(14)15)8-9-6-4-3-5-7-9/h3-7,10,16H,2,8,13H2,1H3,(H,14,15)/t10-,12-/m1/s1. The fraction of sp³-hybridized carbons (Fsp3) is 0.417. The summed E-state index contributed by atoms with van der Waals surface area (Å²) in [5.41, 5.74) is 4.99. The first-order chi connectivity index (χ1) is 7.49. The van der Waals surface area contributed by atoms with Crippen LogP contribution < -0.4 is 5.73 Å². The molecule has 4 heteroatoms. The molecule has 1 aromatic carbocycles. The van der Waals surface area contributed by atoms with Crippen molar-refractivity contribution in [3.8, 4) is 0 Å². The van der Waals surface area contributed by atoms with Gasteiger partial charge in [0.2, 0.25) is 0 Å². The lowest BCUT2D eigenvalue weighted by atomic mass is 9.85. The average Bonchev–Trinajstić information content (AvgIpc) is 2.29. The number of aliphatic carboxylic acids is 1. The van der Waals surface area contributed by atoms with Gasteiger partial charge < -0.3 is 15.9 Å². The van der Waals surface area contributed by atoms with E-state index in [0.717, 1.165) is 5.56 Å². The predicted molar refractivity (Wildman–Crippen MR) is 61.0 cm³/mol. The van der Waals surface area contributed by atoms with Crippen molar-refractivity contribution in [1.29, 1.82) is 0 Å². The predicted octanol–water partition coefficient (Wildman–Crippen LogP) is 0.782. The number of hydrogen-bond acceptors (Lipinski definition) is 3. The summed E-state index contributed by atoms with van der Waals surface area (Å²) in [4.78, 5) is 10.8. The Morgan fingerprint density at radius 1 is 1.44 bits per heavy atom. The smallest absolute Gasteiger partial charge is 0.323 e. The van der Waals surface area contributed by atoms with Crippen molar-refractivity contribution in [2.24, 2.45) is 5.73 Å². The van der Waals surface area contributed by atoms with E-state index in [-0.39, 0.29) is 6.42 Å². The summed E-state index contributed by atoms with van der Waals surface area (Å²) < 4.78 is 0. The van der Waals surface area contributed by atoms with E-state index >= 15 is 0 Å². The second-order valence-electron chi connectivity index (χ2n) is 3.94. The molecule has 1 rings (SSSR count). The van der Waals surface area contributed by atoms with Gasteiger partial charge in [0.25, 0.3) is 0 Å². The van der Waals surface area contributed by atoms with Crippen LogP contribution in [0, 0.1) is 0 Å². The number of rotatable bonds is 5. The van der Waals surface area contributed by atoms with Crippen molar-refractivity contribution in [1.82, 2.24) is 0 Å². The van der Waals surface area contributed by atoms with E-state index in [0.29, 0.717) is 6.42 Å². The van der Waals surface area contributed by atoms with Crippen molar-refractivity contribution in [3.63, 3.8) is 0 Å². The summed E-state index contributed by atoms with van der Waals surface area (Å²) in [5.74, 6) is -1.18. The van der Waals surface area contributed by atoms with Gasteiger partial charge in [-0.2, -0.15) is 0 Å². The molecule has 0 amide bonds. The van der Waals surface area contributed by atoms with Gasteiger partial charge >= 0.3 is 5.97 Å². The second-order valence-corrected chi connectivity index (χ2v) is 3.94. The highest BCUT2D eigenvalue weighted by Crippen LogP contribution is 2.20. The van der Waals surface area contributed by atoms with Crippen molar-refractivity contribution < 1.29 is 15.0 Å². The van der Waals surface area contributed by atoms with Crippen LogP contribution in [0.4, 0.5) is 0 Å². The SMILES string of the molecule is CC[C@@](O)(Cc1ccccc1)[C@H](N)C(=O)O. The first-order valence-electron chi connectivity index (χ1n) is 5.24. The van der Waals surface area contributed by atoms with Gasteiger partial charge in [-0.15, -0.1) is 0 Å². The van der Waals surface area contributed by atoms with E-state index in [4.69, 9.17) is 10.8 Å². The molecule has 0 aromatic heterocycles. The summed E-state index contributed by atoms with van der Waals surface area (Å²) in [6.45, 7) is 1.73. The molecule has 16 heavy (non-hydrogen) atoms. The molecule has 0 heterocycles. The molecule has 0 saturated carbocycles. The summed E-state index contributed by atoms with van der Waals surface area (Å²) >= 11 is 0. The van der Waals surface area contributed by atoms with Crippen molar-refractivity contribution >= 4 is 5.97 Å². The minimum absolute atomic E-state index is 0.248. The highest BCUT2D eigenvalue weighted by molar-refractivity contribution is 5.74. The molecule has 0 saturated heterocycles. The van der Waals surface area contributed by atoms with E-state index < -0.39 is 17.6 Å². The van der Waals surface area contributed by atoms with Crippen molar-refractivity contribution in [2.45, 2.75) is 31.4 Å². The molecule has 0 aliphatic heterocycles. The zero-order valence-electron chi connectivity index (χ0n) is 9.26. The Morgan fingerprint density at radius 3 is 2.44 bits per heavy atom. The molecule has 88 valence electrons. The fourth-order valence-electron chi connectivity index (χ4n) is 1.63. The third-order valence-electron chi connectivity index (χ3n) is 2.81. The molecule has 0 radical (unpaired) electrons. The normalized spacial score (nSPS) is 16.4. The Balaban J connectivity index is 2.86. The molecule has 0 bridgehead atoms. The number of nitrogens with two attached hydrogens (primary N) is 1. The first-order valence-corrected chi connectivity index (χ1v) is 5.24. The Bertz CT molecular complexity index is 353. The van der Waals surface area contributed by atoms with E-state index in [1.54, 1.807) is 6.92 Å². The van der Waals surface area contributed by atoms with Gasteiger partial charge in [0.1, 0.15) is 6.04 Å². The van der Waals surface area contributed by atoms with Crippen LogP contribution in [0.5, 0.6) is 0 Å². The molecule has 2 atom stereocenters. The summed E-state index contributed by atoms with van der Waals surface area (Å²) in [5, 5.41) is 19.0. The molecular formula is C12H17NO3. The van der Waals surface area contributed by atoms with Crippen LogP contribution >= 0.6 is 0 Å².